The van der Waals surface area contributed by atoms with Crippen LogP contribution in [-0.2, 0) is 6.18 Å². The van der Waals surface area contributed by atoms with E-state index < -0.39 is 53.6 Å². The highest BCUT2D eigenvalue weighted by molar-refractivity contribution is 6.04. The number of fused-ring (bicyclic) bond motifs is 1. The molecule has 0 bridgehead atoms. The molecule has 1 aliphatic rings. The van der Waals surface area contributed by atoms with Crippen LogP contribution in [0.5, 0.6) is 5.75 Å². The summed E-state index contributed by atoms with van der Waals surface area (Å²) in [7, 11) is 1.48. The maximum absolute atomic E-state index is 13.6. The highest BCUT2D eigenvalue weighted by Gasteiger charge is 2.35. The minimum atomic E-state index is -4.51. The summed E-state index contributed by atoms with van der Waals surface area (Å²) in [6.07, 6.45) is -5.25. The smallest absolute Gasteiger partial charge is 0.416 e. The number of likely N-dealkylation sites (N-methyl/N-ethyl adjacent to an activating group) is 1. The van der Waals surface area contributed by atoms with E-state index in [9.17, 15) is 37.1 Å². The lowest BCUT2D eigenvalue weighted by Crippen LogP contribution is -2.50. The molecule has 45 heavy (non-hydrogen) atoms. The number of nitrogens with zero attached hydrogens (tertiary/aromatic N) is 2. The third-order valence-electron chi connectivity index (χ3n) is 7.31. The number of ether oxygens (including phenoxy) is 1. The molecule has 5 amide bonds. The van der Waals surface area contributed by atoms with Crippen molar-refractivity contribution in [1.82, 2.24) is 9.80 Å². The highest BCUT2D eigenvalue weighted by atomic mass is 19.4. The molecule has 4 rings (SSSR count). The molecule has 0 saturated carbocycles. The molecule has 0 unspecified atom stereocenters. The Morgan fingerprint density at radius 1 is 1.02 bits per heavy atom. The van der Waals surface area contributed by atoms with E-state index in [-0.39, 0.29) is 42.4 Å². The van der Waals surface area contributed by atoms with E-state index in [4.69, 9.17) is 4.74 Å². The molecule has 10 nitrogen and oxygen atoms in total. The van der Waals surface area contributed by atoms with Crippen LogP contribution in [0.4, 0.5) is 44.2 Å². The minimum absolute atomic E-state index is 0.0152. The van der Waals surface area contributed by atoms with Gasteiger partial charge in [0, 0.05) is 30.9 Å². The Kier molecular flexibility index (Phi) is 10.2. The first kappa shape index (κ1) is 33.1. The summed E-state index contributed by atoms with van der Waals surface area (Å²) >= 11 is 0. The Labute approximate surface area is 257 Å². The van der Waals surface area contributed by atoms with Crippen LogP contribution in [0.25, 0.3) is 0 Å². The zero-order valence-corrected chi connectivity index (χ0v) is 24.7. The number of urea groups is 2. The van der Waals surface area contributed by atoms with Crippen molar-refractivity contribution in [2.24, 2.45) is 5.92 Å². The van der Waals surface area contributed by atoms with Gasteiger partial charge < -0.3 is 35.6 Å². The monoisotopic (exact) mass is 631 g/mol. The Bertz CT molecular complexity index is 1520. The molecule has 1 aliphatic heterocycles. The number of rotatable bonds is 7. The van der Waals surface area contributed by atoms with E-state index in [2.05, 4.69) is 16.0 Å². The largest absolute Gasteiger partial charge is 0.485 e. The number of para-hydroxylation sites is 1. The molecule has 3 atom stereocenters. The fourth-order valence-electron chi connectivity index (χ4n) is 4.69. The molecule has 0 spiro atoms. The number of aliphatic hydroxyl groups excluding tert-OH is 1. The number of halogens is 4. The van der Waals surface area contributed by atoms with Gasteiger partial charge in [-0.3, -0.25) is 4.79 Å². The number of alkyl halides is 3. The summed E-state index contributed by atoms with van der Waals surface area (Å²) in [6.45, 7) is 3.33. The van der Waals surface area contributed by atoms with Crippen LogP contribution in [0.3, 0.4) is 0 Å². The van der Waals surface area contributed by atoms with Crippen LogP contribution in [0, 0.1) is 11.7 Å². The number of hydrogen-bond acceptors (Lipinski definition) is 5. The summed E-state index contributed by atoms with van der Waals surface area (Å²) in [5.41, 5.74) is -0.114. The summed E-state index contributed by atoms with van der Waals surface area (Å²) in [6, 6.07) is 11.9. The van der Waals surface area contributed by atoms with Gasteiger partial charge in [0.2, 0.25) is 0 Å². The quantitative estimate of drug-likeness (QED) is 0.243. The number of anilines is 3. The van der Waals surface area contributed by atoms with Crippen LogP contribution in [-0.4, -0.2) is 71.8 Å². The number of amides is 5. The van der Waals surface area contributed by atoms with E-state index in [0.29, 0.717) is 5.69 Å². The molecule has 3 aromatic rings. The normalized spacial score (nSPS) is 17.2. The Morgan fingerprint density at radius 3 is 2.27 bits per heavy atom. The number of nitrogens with one attached hydrogen (secondary N) is 3. The first-order valence-electron chi connectivity index (χ1n) is 14.0. The fourth-order valence-corrected chi connectivity index (χ4v) is 4.69. The van der Waals surface area contributed by atoms with Crippen LogP contribution in [0.2, 0.25) is 0 Å². The Morgan fingerprint density at radius 2 is 1.64 bits per heavy atom. The van der Waals surface area contributed by atoms with Gasteiger partial charge in [-0.1, -0.05) is 13.0 Å². The molecule has 0 aromatic heterocycles. The van der Waals surface area contributed by atoms with Gasteiger partial charge >= 0.3 is 18.2 Å². The second kappa shape index (κ2) is 13.8. The topological polar surface area (TPSA) is 123 Å². The summed E-state index contributed by atoms with van der Waals surface area (Å²) in [4.78, 5) is 42.3. The van der Waals surface area contributed by atoms with Crippen molar-refractivity contribution in [1.29, 1.82) is 0 Å². The second-order valence-corrected chi connectivity index (χ2v) is 10.8. The third kappa shape index (κ3) is 8.20. The Hall–Kier alpha value is -4.85. The van der Waals surface area contributed by atoms with Gasteiger partial charge in [-0.05, 0) is 67.6 Å². The van der Waals surface area contributed by atoms with E-state index in [1.165, 1.54) is 53.2 Å². The molecular weight excluding hydrogens is 598 g/mol. The lowest BCUT2D eigenvalue weighted by molar-refractivity contribution is -0.137. The number of carbonyl (C=O) groups excluding carboxylic acids is 3. The van der Waals surface area contributed by atoms with Crippen LogP contribution >= 0.6 is 0 Å². The molecule has 0 fully saturated rings. The second-order valence-electron chi connectivity index (χ2n) is 10.8. The predicted molar refractivity (Wildman–Crippen MR) is 160 cm³/mol. The summed E-state index contributed by atoms with van der Waals surface area (Å²) < 4.78 is 58.4. The average Bonchev–Trinajstić information content (AvgIpc) is 2.99. The molecule has 0 radical (unpaired) electrons. The lowest BCUT2D eigenvalue weighted by Gasteiger charge is -2.38. The molecule has 4 N–H and O–H groups in total. The van der Waals surface area contributed by atoms with Gasteiger partial charge in [0.05, 0.1) is 36.0 Å². The number of carbonyl (C=O) groups is 3. The lowest BCUT2D eigenvalue weighted by atomic mass is 9.99. The zero-order chi connectivity index (χ0) is 32.9. The van der Waals surface area contributed by atoms with Crippen molar-refractivity contribution >= 4 is 35.0 Å². The minimum Gasteiger partial charge on any atom is -0.485 e. The first-order valence-corrected chi connectivity index (χ1v) is 14.0. The number of aliphatic hydroxyl groups is 1. The fraction of sp³-hybridized carbons (Fsp3) is 0.323. The highest BCUT2D eigenvalue weighted by Crippen LogP contribution is 2.35. The maximum Gasteiger partial charge on any atom is 0.416 e. The van der Waals surface area contributed by atoms with E-state index in [1.807, 2.05) is 0 Å². The molecule has 0 saturated heterocycles. The molecule has 0 aliphatic carbocycles. The molecular formula is C31H33F4N5O5. The van der Waals surface area contributed by atoms with E-state index >= 15 is 0 Å². The van der Waals surface area contributed by atoms with Crippen LogP contribution in [0.15, 0.2) is 66.7 Å². The Balaban J connectivity index is 1.58. The molecule has 240 valence electrons. The first-order chi connectivity index (χ1) is 21.3. The number of hydrogen-bond donors (Lipinski definition) is 4. The zero-order valence-electron chi connectivity index (χ0n) is 24.7. The summed E-state index contributed by atoms with van der Waals surface area (Å²) in [5, 5.41) is 17.7. The van der Waals surface area contributed by atoms with Gasteiger partial charge in [0.15, 0.2) is 5.75 Å². The van der Waals surface area contributed by atoms with Gasteiger partial charge in [0.1, 0.15) is 11.9 Å². The predicted octanol–water partition coefficient (Wildman–Crippen LogP) is 5.87. The van der Waals surface area contributed by atoms with Crippen molar-refractivity contribution in [3.63, 3.8) is 0 Å². The van der Waals surface area contributed by atoms with Gasteiger partial charge in [-0.15, -0.1) is 0 Å². The van der Waals surface area contributed by atoms with Crippen LogP contribution in [0.1, 0.15) is 29.8 Å². The van der Waals surface area contributed by atoms with E-state index in [0.717, 1.165) is 24.3 Å². The molecule has 3 aromatic carbocycles. The van der Waals surface area contributed by atoms with Crippen molar-refractivity contribution in [2.45, 2.75) is 32.2 Å². The maximum atomic E-state index is 13.6. The van der Waals surface area contributed by atoms with Gasteiger partial charge in [-0.25, -0.2) is 14.0 Å². The van der Waals surface area contributed by atoms with Gasteiger partial charge in [-0.2, -0.15) is 13.2 Å². The summed E-state index contributed by atoms with van der Waals surface area (Å²) in [5.74, 6) is -1.26. The van der Waals surface area contributed by atoms with Gasteiger partial charge in [0.25, 0.3) is 5.91 Å². The number of benzene rings is 3. The average molecular weight is 632 g/mol. The molecule has 1 heterocycles. The van der Waals surface area contributed by atoms with Crippen molar-refractivity contribution in [3.05, 3.63) is 83.7 Å². The van der Waals surface area contributed by atoms with Crippen molar-refractivity contribution < 1.29 is 41.8 Å². The van der Waals surface area contributed by atoms with Crippen molar-refractivity contribution in [2.75, 3.05) is 42.7 Å². The molecule has 14 heteroatoms. The van der Waals surface area contributed by atoms with Crippen molar-refractivity contribution in [3.8, 4) is 5.75 Å². The third-order valence-corrected chi connectivity index (χ3v) is 7.31. The van der Waals surface area contributed by atoms with Crippen LogP contribution < -0.4 is 20.7 Å². The standard InChI is InChI=1S/C31H33F4N5O5/c1-18-15-40(19(2)17-41)28(42)24-5-4-6-25(38-29(43)36-22-13-9-21(32)10-14-22)27(24)45-26(18)16-39(3)30(44)37-23-11-7-20(8-12-23)31(33,34)35/h4-14,18-19,26,41H,15-17H2,1-3H3,(H,37,44)(H2,36,38,43)/t18-,19-,26-/m0/s1. The SMILES string of the molecule is C[C@H]1CN([C@@H](C)CO)C(=O)c2cccc(NC(=O)Nc3ccc(F)cc3)c2O[C@H]1CN(C)C(=O)Nc1ccc(C(F)(F)F)cc1. The van der Waals surface area contributed by atoms with E-state index in [1.54, 1.807) is 19.9 Å².